The molecule has 0 saturated carbocycles. The van der Waals surface area contributed by atoms with Crippen LogP contribution in [0.5, 0.6) is 0 Å². The number of nitrogens with zero attached hydrogens (tertiary/aromatic N) is 3. The van der Waals surface area contributed by atoms with E-state index in [0.717, 1.165) is 38.8 Å². The van der Waals surface area contributed by atoms with Crippen LogP contribution in [0.15, 0.2) is 134 Å². The van der Waals surface area contributed by atoms with E-state index in [0.29, 0.717) is 0 Å². The van der Waals surface area contributed by atoms with Crippen LogP contribution in [0.25, 0.3) is 49.9 Å². The molecule has 4 aromatic carbocycles. The van der Waals surface area contributed by atoms with Gasteiger partial charge < -0.3 is 9.13 Å². The molecule has 0 saturated heterocycles. The fourth-order valence-electron chi connectivity index (χ4n) is 6.90. The van der Waals surface area contributed by atoms with Gasteiger partial charge in [-0.15, -0.1) is 0 Å². The lowest BCUT2D eigenvalue weighted by atomic mass is 10.0. The maximum atomic E-state index is 5.23. The summed E-state index contributed by atoms with van der Waals surface area (Å²) in [5.41, 5.74) is 11.3. The largest absolute Gasteiger partial charge is 0.341 e. The van der Waals surface area contributed by atoms with Crippen molar-refractivity contribution in [2.75, 3.05) is 0 Å². The number of allylic oxidation sites excluding steroid dienone is 2. The summed E-state index contributed by atoms with van der Waals surface area (Å²) in [6.07, 6.45) is 9.98. The summed E-state index contributed by atoms with van der Waals surface area (Å²) < 4.78 is 4.94. The minimum atomic E-state index is 0.927. The Kier molecular flexibility index (Phi) is 8.16. The fraction of sp³-hybridized carbons (Fsp3) is 0.167. The molecule has 0 aliphatic rings. The molecule has 7 aromatic rings. The highest BCUT2D eigenvalue weighted by molar-refractivity contribution is 6.07. The quantitative estimate of drug-likeness (QED) is 0.138. The molecule has 0 aliphatic heterocycles. The van der Waals surface area contributed by atoms with Crippen LogP contribution in [-0.4, -0.2) is 14.1 Å². The predicted molar refractivity (Wildman–Crippen MR) is 192 cm³/mol. The van der Waals surface area contributed by atoms with Crippen molar-refractivity contribution in [3.63, 3.8) is 0 Å². The molecule has 0 unspecified atom stereocenters. The van der Waals surface area contributed by atoms with Crippen molar-refractivity contribution < 1.29 is 0 Å². The number of hydrogen-bond acceptors (Lipinski definition) is 1. The Balaban J connectivity index is 1.13. The monoisotopic (exact) mass is 585 g/mol. The first kappa shape index (κ1) is 28.6. The van der Waals surface area contributed by atoms with E-state index in [1.165, 1.54) is 66.5 Å². The molecule has 0 amide bonds. The van der Waals surface area contributed by atoms with Crippen LogP contribution in [0.3, 0.4) is 0 Å². The standard InChI is InChI=1S/C42H39N3/c1-3-4-23-39-31(2)36-20-8-11-24-40(36)44(39)27-14-18-34-29-33(32-16-6-5-7-17-32)30-35(43-34)19-15-28-45-41-25-12-9-21-37(41)38-22-10-13-26-42(38)45/h3-13,16-17,20-26,29-30H,1,14-15,18-19,27-28H2,2H3/b23-4-. The summed E-state index contributed by atoms with van der Waals surface area (Å²) in [6, 6.07) is 41.6. The van der Waals surface area contributed by atoms with Crippen LogP contribution in [0.4, 0.5) is 0 Å². The van der Waals surface area contributed by atoms with Crippen LogP contribution in [0, 0.1) is 6.92 Å². The number of hydrogen-bond donors (Lipinski definition) is 0. The lowest BCUT2D eigenvalue weighted by Crippen LogP contribution is -2.05. The number of pyridine rings is 1. The molecular weight excluding hydrogens is 546 g/mol. The molecule has 0 spiro atoms. The van der Waals surface area contributed by atoms with Gasteiger partial charge in [0.15, 0.2) is 0 Å². The fourth-order valence-corrected chi connectivity index (χ4v) is 6.90. The van der Waals surface area contributed by atoms with E-state index in [-0.39, 0.29) is 0 Å². The van der Waals surface area contributed by atoms with Gasteiger partial charge >= 0.3 is 0 Å². The predicted octanol–water partition coefficient (Wildman–Crippen LogP) is 10.6. The zero-order valence-corrected chi connectivity index (χ0v) is 26.0. The van der Waals surface area contributed by atoms with E-state index >= 15 is 0 Å². The number of benzene rings is 4. The van der Waals surface area contributed by atoms with Gasteiger partial charge in [0.25, 0.3) is 0 Å². The van der Waals surface area contributed by atoms with Crippen molar-refractivity contribution in [2.24, 2.45) is 0 Å². The first-order valence-electron chi connectivity index (χ1n) is 16.1. The molecule has 3 aromatic heterocycles. The highest BCUT2D eigenvalue weighted by Crippen LogP contribution is 2.30. The van der Waals surface area contributed by atoms with Gasteiger partial charge in [0.2, 0.25) is 0 Å². The molecule has 222 valence electrons. The third-order valence-corrected chi connectivity index (χ3v) is 9.01. The Morgan fingerprint density at radius 2 is 1.11 bits per heavy atom. The van der Waals surface area contributed by atoms with E-state index in [1.807, 2.05) is 12.2 Å². The number of rotatable bonds is 11. The van der Waals surface area contributed by atoms with Crippen molar-refractivity contribution in [2.45, 2.75) is 45.7 Å². The molecule has 45 heavy (non-hydrogen) atoms. The molecule has 7 rings (SSSR count). The van der Waals surface area contributed by atoms with Crippen LogP contribution in [0.2, 0.25) is 0 Å². The second-order valence-electron chi connectivity index (χ2n) is 11.9. The van der Waals surface area contributed by atoms with Crippen molar-refractivity contribution in [3.05, 3.63) is 157 Å². The van der Waals surface area contributed by atoms with Crippen LogP contribution < -0.4 is 0 Å². The smallest absolute Gasteiger partial charge is 0.0491 e. The average Bonchev–Trinajstić information content (AvgIpc) is 3.55. The van der Waals surface area contributed by atoms with Gasteiger partial charge in [-0.05, 0) is 85.7 Å². The minimum absolute atomic E-state index is 0.927. The summed E-state index contributed by atoms with van der Waals surface area (Å²) in [7, 11) is 0. The Bertz CT molecular complexity index is 2090. The summed E-state index contributed by atoms with van der Waals surface area (Å²) in [5, 5.41) is 3.97. The Morgan fingerprint density at radius 3 is 1.71 bits per heavy atom. The molecule has 0 radical (unpaired) electrons. The average molecular weight is 586 g/mol. The molecule has 3 heterocycles. The van der Waals surface area contributed by atoms with E-state index in [2.05, 4.69) is 144 Å². The van der Waals surface area contributed by atoms with Gasteiger partial charge in [-0.25, -0.2) is 0 Å². The third kappa shape index (κ3) is 5.74. The summed E-state index contributed by atoms with van der Waals surface area (Å²) in [5.74, 6) is 0. The highest BCUT2D eigenvalue weighted by Gasteiger charge is 2.13. The van der Waals surface area contributed by atoms with E-state index in [4.69, 9.17) is 4.98 Å². The molecule has 3 nitrogen and oxygen atoms in total. The zero-order chi connectivity index (χ0) is 30.6. The van der Waals surface area contributed by atoms with Crippen molar-refractivity contribution in [3.8, 4) is 11.1 Å². The highest BCUT2D eigenvalue weighted by atomic mass is 15.0. The molecule has 3 heteroatoms. The lowest BCUT2D eigenvalue weighted by molar-refractivity contribution is 0.643. The molecule has 0 aliphatic carbocycles. The van der Waals surface area contributed by atoms with E-state index in [1.54, 1.807) is 0 Å². The Labute approximate surface area is 265 Å². The maximum Gasteiger partial charge on any atom is 0.0491 e. The maximum absolute atomic E-state index is 5.23. The first-order valence-corrected chi connectivity index (χ1v) is 16.1. The van der Waals surface area contributed by atoms with Gasteiger partial charge in [-0.3, -0.25) is 4.98 Å². The zero-order valence-electron chi connectivity index (χ0n) is 26.0. The van der Waals surface area contributed by atoms with Crippen molar-refractivity contribution in [1.29, 1.82) is 0 Å². The SMILES string of the molecule is C=C/C=C\c1c(C)c2ccccc2n1CCCc1cc(-c2ccccc2)cc(CCCn2c3ccccc3c3ccccc32)n1. The van der Waals surface area contributed by atoms with Crippen LogP contribution >= 0.6 is 0 Å². The number of fused-ring (bicyclic) bond motifs is 4. The summed E-state index contributed by atoms with van der Waals surface area (Å²) in [6.45, 7) is 8.01. The summed E-state index contributed by atoms with van der Waals surface area (Å²) in [4.78, 5) is 5.23. The molecular formula is C42H39N3. The lowest BCUT2D eigenvalue weighted by Gasteiger charge is -2.12. The topological polar surface area (TPSA) is 22.8 Å². The second-order valence-corrected chi connectivity index (χ2v) is 11.9. The van der Waals surface area contributed by atoms with Gasteiger partial charge in [-0.1, -0.05) is 104 Å². The van der Waals surface area contributed by atoms with E-state index < -0.39 is 0 Å². The summed E-state index contributed by atoms with van der Waals surface area (Å²) >= 11 is 0. The normalized spacial score (nSPS) is 11.8. The van der Waals surface area contributed by atoms with Crippen LogP contribution in [-0.2, 0) is 25.9 Å². The first-order chi connectivity index (χ1) is 22.2. The molecule has 0 fully saturated rings. The van der Waals surface area contributed by atoms with Gasteiger partial charge in [0.05, 0.1) is 0 Å². The van der Waals surface area contributed by atoms with Crippen LogP contribution in [0.1, 0.15) is 35.5 Å². The number of para-hydroxylation sites is 3. The van der Waals surface area contributed by atoms with Gasteiger partial charge in [0.1, 0.15) is 0 Å². The second kappa shape index (κ2) is 12.8. The molecule has 0 bridgehead atoms. The number of aromatic nitrogens is 3. The minimum Gasteiger partial charge on any atom is -0.341 e. The van der Waals surface area contributed by atoms with Crippen molar-refractivity contribution >= 4 is 38.8 Å². The Morgan fingerprint density at radius 1 is 0.600 bits per heavy atom. The number of aryl methyl sites for hydroxylation is 5. The Hall–Kier alpha value is -5.15. The molecule has 0 N–H and O–H groups in total. The van der Waals surface area contributed by atoms with E-state index in [9.17, 15) is 0 Å². The molecule has 0 atom stereocenters. The third-order valence-electron chi connectivity index (χ3n) is 9.01. The van der Waals surface area contributed by atoms with Crippen molar-refractivity contribution in [1.82, 2.24) is 14.1 Å². The van der Waals surface area contributed by atoms with Gasteiger partial charge in [0, 0.05) is 62.9 Å². The van der Waals surface area contributed by atoms with Gasteiger partial charge in [-0.2, -0.15) is 0 Å².